The average molecular weight is 554 g/mol. The number of rotatable bonds is 5. The zero-order chi connectivity index (χ0) is 20.9. The van der Waals surface area contributed by atoms with Crippen molar-refractivity contribution < 1.29 is 13.2 Å². The molecule has 1 aliphatic rings. The van der Waals surface area contributed by atoms with E-state index in [-0.39, 0.29) is 36.6 Å². The van der Waals surface area contributed by atoms with Crippen LogP contribution >= 0.6 is 35.3 Å². The summed E-state index contributed by atoms with van der Waals surface area (Å²) in [5, 5.41) is 7.92. The summed E-state index contributed by atoms with van der Waals surface area (Å²) in [6.45, 7) is 6.52. The molecule has 3 heterocycles. The van der Waals surface area contributed by atoms with E-state index in [1.165, 1.54) is 0 Å². The number of pyridine rings is 1. The van der Waals surface area contributed by atoms with Gasteiger partial charge in [0.1, 0.15) is 10.8 Å². The van der Waals surface area contributed by atoms with Crippen molar-refractivity contribution in [2.45, 2.75) is 45.5 Å². The Morgan fingerprint density at radius 3 is 2.60 bits per heavy atom. The maximum Gasteiger partial charge on any atom is 0.434 e. The highest BCUT2D eigenvalue weighted by Gasteiger charge is 2.33. The fourth-order valence-corrected chi connectivity index (χ4v) is 3.80. The van der Waals surface area contributed by atoms with E-state index >= 15 is 0 Å². The zero-order valence-electron chi connectivity index (χ0n) is 16.9. The molecule has 2 aromatic rings. The van der Waals surface area contributed by atoms with E-state index in [4.69, 9.17) is 0 Å². The van der Waals surface area contributed by atoms with Gasteiger partial charge in [-0.1, -0.05) is 6.07 Å². The van der Waals surface area contributed by atoms with Crippen molar-refractivity contribution in [3.05, 3.63) is 40.0 Å². The minimum Gasteiger partial charge on any atom is -0.357 e. The van der Waals surface area contributed by atoms with Gasteiger partial charge < -0.3 is 15.5 Å². The van der Waals surface area contributed by atoms with Crippen molar-refractivity contribution in [3.8, 4) is 0 Å². The van der Waals surface area contributed by atoms with Crippen molar-refractivity contribution >= 4 is 47.1 Å². The Labute approximate surface area is 195 Å². The highest BCUT2D eigenvalue weighted by Crippen LogP contribution is 2.30. The number of thiazole rings is 1. The lowest BCUT2D eigenvalue weighted by molar-refractivity contribution is -0.140. The van der Waals surface area contributed by atoms with Gasteiger partial charge in [0.15, 0.2) is 11.7 Å². The summed E-state index contributed by atoms with van der Waals surface area (Å²) in [6.07, 6.45) is -0.690. The molecule has 0 unspecified atom stereocenters. The minimum atomic E-state index is -4.42. The number of nitrogens with one attached hydrogen (secondary N) is 2. The minimum absolute atomic E-state index is 0. The van der Waals surface area contributed by atoms with Crippen LogP contribution in [0.4, 0.5) is 19.0 Å². The summed E-state index contributed by atoms with van der Waals surface area (Å²) in [6, 6.07) is 4.35. The van der Waals surface area contributed by atoms with Gasteiger partial charge in [0.25, 0.3) is 0 Å². The van der Waals surface area contributed by atoms with Gasteiger partial charge in [0.2, 0.25) is 0 Å². The molecule has 1 saturated heterocycles. The molecule has 0 saturated carbocycles. The van der Waals surface area contributed by atoms with E-state index < -0.39 is 11.9 Å². The topological polar surface area (TPSA) is 65.4 Å². The molecule has 6 nitrogen and oxygen atoms in total. The smallest absolute Gasteiger partial charge is 0.357 e. The van der Waals surface area contributed by atoms with E-state index in [2.05, 4.69) is 36.6 Å². The van der Waals surface area contributed by atoms with Gasteiger partial charge in [-0.05, 0) is 38.3 Å². The predicted octanol–water partition coefficient (Wildman–Crippen LogP) is 4.21. The molecule has 3 rings (SSSR count). The van der Waals surface area contributed by atoms with Crippen LogP contribution in [0.2, 0.25) is 0 Å². The van der Waals surface area contributed by atoms with Crippen LogP contribution in [0.5, 0.6) is 0 Å². The van der Waals surface area contributed by atoms with Crippen molar-refractivity contribution in [1.29, 1.82) is 0 Å². The van der Waals surface area contributed by atoms with Gasteiger partial charge in [0.05, 0.1) is 6.54 Å². The van der Waals surface area contributed by atoms with Gasteiger partial charge in [0, 0.05) is 37.3 Å². The first-order valence-corrected chi connectivity index (χ1v) is 10.5. The van der Waals surface area contributed by atoms with Crippen molar-refractivity contribution in [2.75, 3.05) is 24.5 Å². The largest absolute Gasteiger partial charge is 0.434 e. The number of nitrogens with zero attached hydrogens (tertiary/aromatic N) is 4. The van der Waals surface area contributed by atoms with Crippen LogP contribution in [0.3, 0.4) is 0 Å². The third-order valence-corrected chi connectivity index (χ3v) is 5.45. The second kappa shape index (κ2) is 11.1. The molecule has 2 aromatic heterocycles. The highest BCUT2D eigenvalue weighted by molar-refractivity contribution is 14.0. The molecule has 2 N–H and O–H groups in total. The number of aromatic nitrogens is 2. The number of guanidine groups is 1. The Bertz CT molecular complexity index is 816. The quantitative estimate of drug-likeness (QED) is 0.330. The summed E-state index contributed by atoms with van der Waals surface area (Å²) in [5.74, 6) is 1.59. The molecule has 30 heavy (non-hydrogen) atoms. The fraction of sp³-hybridized carbons (Fsp3) is 0.526. The fourth-order valence-electron chi connectivity index (χ4n) is 3.07. The third kappa shape index (κ3) is 6.96. The van der Waals surface area contributed by atoms with Crippen LogP contribution in [0.1, 0.15) is 36.0 Å². The first kappa shape index (κ1) is 24.6. The molecule has 0 amide bonds. The maximum atomic E-state index is 12.7. The zero-order valence-corrected chi connectivity index (χ0v) is 20.0. The average Bonchev–Trinajstić information content (AvgIpc) is 3.17. The highest BCUT2D eigenvalue weighted by atomic mass is 127. The first-order chi connectivity index (χ1) is 13.8. The molecular weight excluding hydrogens is 528 g/mol. The third-order valence-electron chi connectivity index (χ3n) is 4.61. The van der Waals surface area contributed by atoms with Crippen molar-refractivity contribution in [1.82, 2.24) is 20.6 Å². The summed E-state index contributed by atoms with van der Waals surface area (Å²) < 4.78 is 38.0. The predicted molar refractivity (Wildman–Crippen MR) is 125 cm³/mol. The molecular formula is C19H26F3IN6S. The maximum absolute atomic E-state index is 12.7. The molecule has 1 aliphatic heterocycles. The normalized spacial score (nSPS) is 15.6. The number of alkyl halides is 3. The van der Waals surface area contributed by atoms with Gasteiger partial charge in [-0.25, -0.2) is 15.0 Å². The second-order valence-corrected chi connectivity index (χ2v) is 7.86. The van der Waals surface area contributed by atoms with Crippen molar-refractivity contribution in [3.63, 3.8) is 0 Å². The van der Waals surface area contributed by atoms with Gasteiger partial charge >= 0.3 is 6.18 Å². The molecule has 166 valence electrons. The molecule has 0 aliphatic carbocycles. The standard InChI is InChI=1S/C19H25F3N6S.HI/c1-3-23-18(25-11-17-27-15(12-29-17)19(20,21)22)26-14-6-8-28(9-7-14)16-5-4-13(2)10-24-16;/h4-5,10,12,14H,3,6-9,11H2,1-2H3,(H2,23,25,26);1H. The second-order valence-electron chi connectivity index (χ2n) is 6.92. The lowest BCUT2D eigenvalue weighted by atomic mass is 10.1. The number of aliphatic imine (C=N–C) groups is 1. The number of aryl methyl sites for hydroxylation is 1. The lowest BCUT2D eigenvalue weighted by Crippen LogP contribution is -2.48. The van der Waals surface area contributed by atoms with Crippen molar-refractivity contribution in [2.24, 2.45) is 4.99 Å². The van der Waals surface area contributed by atoms with Gasteiger partial charge in [-0.3, -0.25) is 0 Å². The Kier molecular flexibility index (Phi) is 9.13. The molecule has 0 atom stereocenters. The molecule has 0 spiro atoms. The van der Waals surface area contributed by atoms with Gasteiger partial charge in [-0.15, -0.1) is 35.3 Å². The van der Waals surface area contributed by atoms with E-state index in [9.17, 15) is 13.2 Å². The van der Waals surface area contributed by atoms with E-state index in [0.717, 1.165) is 54.0 Å². The summed E-state index contributed by atoms with van der Waals surface area (Å²) in [5.41, 5.74) is 0.280. The van der Waals surface area contributed by atoms with Crippen LogP contribution < -0.4 is 15.5 Å². The number of hydrogen-bond donors (Lipinski definition) is 2. The van der Waals surface area contributed by atoms with Crippen LogP contribution in [-0.4, -0.2) is 41.6 Å². The summed E-state index contributed by atoms with van der Waals surface area (Å²) in [4.78, 5) is 14.8. The van der Waals surface area contributed by atoms with Crippen LogP contribution in [-0.2, 0) is 12.7 Å². The Hall–Kier alpha value is -1.63. The Morgan fingerprint density at radius 1 is 1.30 bits per heavy atom. The molecule has 0 bridgehead atoms. The first-order valence-electron chi connectivity index (χ1n) is 9.59. The lowest BCUT2D eigenvalue weighted by Gasteiger charge is -2.33. The van der Waals surface area contributed by atoms with Crippen LogP contribution in [0, 0.1) is 6.92 Å². The number of halogens is 4. The van der Waals surface area contributed by atoms with Gasteiger partial charge in [-0.2, -0.15) is 13.2 Å². The SMILES string of the molecule is CCNC(=NCc1nc(C(F)(F)F)cs1)NC1CCN(c2ccc(C)cn2)CC1.I. The number of hydrogen-bond acceptors (Lipinski definition) is 5. The summed E-state index contributed by atoms with van der Waals surface area (Å²) >= 11 is 0.974. The summed E-state index contributed by atoms with van der Waals surface area (Å²) in [7, 11) is 0. The number of anilines is 1. The molecule has 1 fully saturated rings. The van der Waals surface area contributed by atoms with Crippen LogP contribution in [0.15, 0.2) is 28.7 Å². The van der Waals surface area contributed by atoms with E-state index in [1.807, 2.05) is 26.1 Å². The number of piperidine rings is 1. The molecule has 0 aromatic carbocycles. The van der Waals surface area contributed by atoms with E-state index in [1.54, 1.807) is 0 Å². The molecule has 11 heteroatoms. The van der Waals surface area contributed by atoms with E-state index in [0.29, 0.717) is 17.5 Å². The molecule has 0 radical (unpaired) electrons. The van der Waals surface area contributed by atoms with Crippen LogP contribution in [0.25, 0.3) is 0 Å². The Balaban J connectivity index is 0.00000320. The monoisotopic (exact) mass is 554 g/mol. The Morgan fingerprint density at radius 2 is 2.03 bits per heavy atom.